The largest absolute Gasteiger partial charge is 0.358 e. The van der Waals surface area contributed by atoms with E-state index in [0.717, 1.165) is 16.8 Å². The lowest BCUT2D eigenvalue weighted by atomic mass is 10.1. The third-order valence-corrected chi connectivity index (χ3v) is 2.43. The van der Waals surface area contributed by atoms with Crippen molar-refractivity contribution in [3.05, 3.63) is 51.8 Å². The first-order chi connectivity index (χ1) is 7.70. The SMILES string of the molecule is Cc1cc(=O)c2cc(C=CCN)ccc2[nH]1. The molecule has 0 unspecified atom stereocenters. The topological polar surface area (TPSA) is 58.9 Å². The lowest BCUT2D eigenvalue weighted by Gasteiger charge is -2.01. The Morgan fingerprint density at radius 3 is 2.94 bits per heavy atom. The van der Waals surface area contributed by atoms with E-state index in [0.29, 0.717) is 11.9 Å². The second kappa shape index (κ2) is 4.33. The number of H-pyrrole nitrogens is 1. The van der Waals surface area contributed by atoms with Crippen LogP contribution >= 0.6 is 0 Å². The van der Waals surface area contributed by atoms with Gasteiger partial charge in [0.15, 0.2) is 5.43 Å². The van der Waals surface area contributed by atoms with Gasteiger partial charge in [-0.1, -0.05) is 18.2 Å². The molecular formula is C13H14N2O. The predicted octanol–water partition coefficient (Wildman–Crippen LogP) is 1.81. The Balaban J connectivity index is 2.62. The molecule has 0 radical (unpaired) electrons. The fourth-order valence-corrected chi connectivity index (χ4v) is 1.71. The summed E-state index contributed by atoms with van der Waals surface area (Å²) in [7, 11) is 0. The molecule has 0 amide bonds. The van der Waals surface area contributed by atoms with Gasteiger partial charge in [0, 0.05) is 29.2 Å². The van der Waals surface area contributed by atoms with Crippen LogP contribution in [0.2, 0.25) is 0 Å². The Labute approximate surface area is 93.6 Å². The molecule has 0 saturated carbocycles. The van der Waals surface area contributed by atoms with Crippen LogP contribution in [0.15, 0.2) is 35.1 Å². The van der Waals surface area contributed by atoms with Gasteiger partial charge >= 0.3 is 0 Å². The molecule has 2 rings (SSSR count). The van der Waals surface area contributed by atoms with Gasteiger partial charge in [0.1, 0.15) is 0 Å². The molecule has 0 aliphatic heterocycles. The quantitative estimate of drug-likeness (QED) is 0.801. The van der Waals surface area contributed by atoms with Crippen LogP contribution in [-0.2, 0) is 0 Å². The predicted molar refractivity (Wildman–Crippen MR) is 67.4 cm³/mol. The van der Waals surface area contributed by atoms with E-state index in [2.05, 4.69) is 4.98 Å². The summed E-state index contributed by atoms with van der Waals surface area (Å²) in [6, 6.07) is 7.36. The number of fused-ring (bicyclic) bond motifs is 1. The van der Waals surface area contributed by atoms with Crippen molar-refractivity contribution in [3.63, 3.8) is 0 Å². The minimum Gasteiger partial charge on any atom is -0.358 e. The molecule has 82 valence electrons. The lowest BCUT2D eigenvalue weighted by Crippen LogP contribution is -2.02. The summed E-state index contributed by atoms with van der Waals surface area (Å²) in [4.78, 5) is 14.9. The van der Waals surface area contributed by atoms with Crippen molar-refractivity contribution in [1.29, 1.82) is 0 Å². The molecule has 0 aliphatic rings. The van der Waals surface area contributed by atoms with Crippen LogP contribution in [0.5, 0.6) is 0 Å². The van der Waals surface area contributed by atoms with Crippen molar-refractivity contribution >= 4 is 17.0 Å². The number of aromatic nitrogens is 1. The number of aryl methyl sites for hydroxylation is 1. The summed E-state index contributed by atoms with van der Waals surface area (Å²) < 4.78 is 0. The fraction of sp³-hybridized carbons (Fsp3) is 0.154. The standard InChI is InChI=1S/C13H14N2O/c1-9-7-13(16)11-8-10(3-2-6-14)4-5-12(11)15-9/h2-5,7-8H,6,14H2,1H3,(H,15,16). The monoisotopic (exact) mass is 214 g/mol. The summed E-state index contributed by atoms with van der Waals surface area (Å²) in [5.41, 5.74) is 8.17. The minimum atomic E-state index is 0.0502. The minimum absolute atomic E-state index is 0.0502. The molecule has 0 spiro atoms. The lowest BCUT2D eigenvalue weighted by molar-refractivity contribution is 1.24. The first-order valence-electron chi connectivity index (χ1n) is 5.21. The molecule has 0 atom stereocenters. The van der Waals surface area contributed by atoms with Crippen molar-refractivity contribution in [1.82, 2.24) is 4.98 Å². The van der Waals surface area contributed by atoms with Gasteiger partial charge in [0.25, 0.3) is 0 Å². The smallest absolute Gasteiger partial charge is 0.189 e. The van der Waals surface area contributed by atoms with Crippen molar-refractivity contribution in [3.8, 4) is 0 Å². The van der Waals surface area contributed by atoms with Crippen LogP contribution in [0.1, 0.15) is 11.3 Å². The van der Waals surface area contributed by atoms with Gasteiger partial charge in [0.05, 0.1) is 0 Å². The fourth-order valence-electron chi connectivity index (χ4n) is 1.71. The number of aromatic amines is 1. The van der Waals surface area contributed by atoms with E-state index in [1.54, 1.807) is 6.07 Å². The van der Waals surface area contributed by atoms with Crippen molar-refractivity contribution in [2.75, 3.05) is 6.54 Å². The van der Waals surface area contributed by atoms with Gasteiger partial charge in [-0.15, -0.1) is 0 Å². The van der Waals surface area contributed by atoms with Crippen molar-refractivity contribution in [2.45, 2.75) is 6.92 Å². The molecule has 3 N–H and O–H groups in total. The molecule has 16 heavy (non-hydrogen) atoms. The number of pyridine rings is 1. The molecule has 1 heterocycles. The molecule has 3 heteroatoms. The highest BCUT2D eigenvalue weighted by Crippen LogP contribution is 2.12. The van der Waals surface area contributed by atoms with Gasteiger partial charge in [0.2, 0.25) is 0 Å². The van der Waals surface area contributed by atoms with E-state index in [9.17, 15) is 4.79 Å². The Kier molecular flexibility index (Phi) is 2.88. The van der Waals surface area contributed by atoms with Crippen LogP contribution in [0.25, 0.3) is 17.0 Å². The highest BCUT2D eigenvalue weighted by Gasteiger charge is 1.99. The third-order valence-electron chi connectivity index (χ3n) is 2.43. The summed E-state index contributed by atoms with van der Waals surface area (Å²) >= 11 is 0. The molecule has 1 aromatic heterocycles. The zero-order valence-corrected chi connectivity index (χ0v) is 9.16. The summed E-state index contributed by atoms with van der Waals surface area (Å²) in [5, 5.41) is 0.713. The van der Waals surface area contributed by atoms with E-state index < -0.39 is 0 Å². The molecule has 0 bridgehead atoms. The number of nitrogens with two attached hydrogens (primary N) is 1. The van der Waals surface area contributed by atoms with Crippen LogP contribution in [-0.4, -0.2) is 11.5 Å². The van der Waals surface area contributed by atoms with E-state index >= 15 is 0 Å². The highest BCUT2D eigenvalue weighted by atomic mass is 16.1. The first-order valence-corrected chi connectivity index (χ1v) is 5.21. The van der Waals surface area contributed by atoms with Crippen LogP contribution in [0.4, 0.5) is 0 Å². The van der Waals surface area contributed by atoms with Crippen LogP contribution in [0.3, 0.4) is 0 Å². The Hall–Kier alpha value is -1.87. The molecule has 0 fully saturated rings. The average Bonchev–Trinajstić information content (AvgIpc) is 2.26. The van der Waals surface area contributed by atoms with Gasteiger partial charge < -0.3 is 10.7 Å². The molecule has 3 nitrogen and oxygen atoms in total. The number of rotatable bonds is 2. The van der Waals surface area contributed by atoms with E-state index in [1.165, 1.54) is 0 Å². The number of hydrogen-bond acceptors (Lipinski definition) is 2. The van der Waals surface area contributed by atoms with Crippen molar-refractivity contribution in [2.24, 2.45) is 5.73 Å². The van der Waals surface area contributed by atoms with Gasteiger partial charge in [-0.05, 0) is 24.6 Å². The maximum absolute atomic E-state index is 11.8. The molecule has 0 aliphatic carbocycles. The number of benzene rings is 1. The summed E-state index contributed by atoms with van der Waals surface area (Å²) in [6.07, 6.45) is 3.78. The summed E-state index contributed by atoms with van der Waals surface area (Å²) in [6.45, 7) is 2.38. The molecule has 1 aromatic carbocycles. The number of hydrogen-bond donors (Lipinski definition) is 2. The van der Waals surface area contributed by atoms with E-state index in [-0.39, 0.29) is 5.43 Å². The molecule has 0 saturated heterocycles. The second-order valence-corrected chi connectivity index (χ2v) is 3.76. The van der Waals surface area contributed by atoms with Gasteiger partial charge in [-0.2, -0.15) is 0 Å². The maximum atomic E-state index is 11.8. The Bertz CT molecular complexity index is 596. The Morgan fingerprint density at radius 1 is 1.38 bits per heavy atom. The molecular weight excluding hydrogens is 200 g/mol. The molecule has 2 aromatic rings. The summed E-state index contributed by atoms with van der Waals surface area (Å²) in [5.74, 6) is 0. The normalized spacial score (nSPS) is 11.4. The number of nitrogens with one attached hydrogen (secondary N) is 1. The van der Waals surface area contributed by atoms with Gasteiger partial charge in [-0.25, -0.2) is 0 Å². The van der Waals surface area contributed by atoms with Crippen LogP contribution < -0.4 is 11.2 Å². The van der Waals surface area contributed by atoms with E-state index in [1.807, 2.05) is 37.3 Å². The second-order valence-electron chi connectivity index (χ2n) is 3.76. The first kappa shape index (κ1) is 10.6. The van der Waals surface area contributed by atoms with E-state index in [4.69, 9.17) is 5.73 Å². The zero-order valence-electron chi connectivity index (χ0n) is 9.16. The van der Waals surface area contributed by atoms with Crippen LogP contribution in [0, 0.1) is 6.92 Å². The van der Waals surface area contributed by atoms with Crippen molar-refractivity contribution < 1.29 is 0 Å². The highest BCUT2D eigenvalue weighted by molar-refractivity contribution is 5.81. The van der Waals surface area contributed by atoms with Gasteiger partial charge in [-0.3, -0.25) is 4.79 Å². The zero-order chi connectivity index (χ0) is 11.5. The average molecular weight is 214 g/mol. The maximum Gasteiger partial charge on any atom is 0.189 e. The Morgan fingerprint density at radius 2 is 2.19 bits per heavy atom. The third kappa shape index (κ3) is 2.04.